The summed E-state index contributed by atoms with van der Waals surface area (Å²) in [6.45, 7) is 1.90. The van der Waals surface area contributed by atoms with Crippen LogP contribution < -0.4 is 10.5 Å². The lowest BCUT2D eigenvalue weighted by Gasteiger charge is -2.27. The van der Waals surface area contributed by atoms with Crippen LogP contribution >= 0.6 is 23.2 Å². The predicted molar refractivity (Wildman–Crippen MR) is 128 cm³/mol. The first-order valence-electron chi connectivity index (χ1n) is 10.6. The summed E-state index contributed by atoms with van der Waals surface area (Å²) < 4.78 is 7.63. The number of benzene rings is 2. The van der Waals surface area contributed by atoms with E-state index in [1.54, 1.807) is 22.9 Å². The van der Waals surface area contributed by atoms with Gasteiger partial charge in [-0.15, -0.1) is 5.17 Å². The van der Waals surface area contributed by atoms with Gasteiger partial charge in [0.1, 0.15) is 12.3 Å². The van der Waals surface area contributed by atoms with Crippen LogP contribution in [0.5, 0.6) is 5.75 Å². The van der Waals surface area contributed by atoms with Gasteiger partial charge in [0.05, 0.1) is 17.8 Å². The van der Waals surface area contributed by atoms with Crippen molar-refractivity contribution in [1.29, 1.82) is 0 Å². The third-order valence-electron chi connectivity index (χ3n) is 5.29. The molecule has 1 aliphatic heterocycles. The van der Waals surface area contributed by atoms with Gasteiger partial charge in [-0.2, -0.15) is 10.1 Å². The van der Waals surface area contributed by atoms with Gasteiger partial charge in [0, 0.05) is 30.2 Å². The lowest BCUT2D eigenvalue weighted by molar-refractivity contribution is -0.218. The van der Waals surface area contributed by atoms with Gasteiger partial charge in [0.15, 0.2) is 11.4 Å². The fourth-order valence-electron chi connectivity index (χ4n) is 3.80. The van der Waals surface area contributed by atoms with Crippen LogP contribution in [0.4, 0.5) is 0 Å². The Hall–Kier alpha value is -2.62. The van der Waals surface area contributed by atoms with Crippen molar-refractivity contribution in [2.24, 2.45) is 5.73 Å². The average Bonchev–Trinajstić information content (AvgIpc) is 3.47. The summed E-state index contributed by atoms with van der Waals surface area (Å²) in [4.78, 5) is 19.1. The van der Waals surface area contributed by atoms with E-state index >= 15 is 0 Å². The standard InChI is InChI=1S/C23H25Cl2N5O3/c1-32-30(28-13-4-5-14-28)23(31)20-22(33-15-12-26)21(16-8-10-17(24)11-9-16)29(27-20)19-7-3-2-6-18(19)25/h2-3,6-11H,4-5,12-15,26H2,1H3. The quantitative estimate of drug-likeness (QED) is 0.477. The first-order valence-corrected chi connectivity index (χ1v) is 11.4. The fraction of sp³-hybridized carbons (Fsp3) is 0.304. The molecule has 4 rings (SSSR count). The molecule has 1 saturated heterocycles. The molecule has 1 aliphatic rings. The predicted octanol–water partition coefficient (Wildman–Crippen LogP) is 4.20. The zero-order chi connectivity index (χ0) is 23.4. The molecule has 0 spiro atoms. The van der Waals surface area contributed by atoms with Gasteiger partial charge >= 0.3 is 5.91 Å². The van der Waals surface area contributed by atoms with Crippen LogP contribution in [0.3, 0.4) is 0 Å². The van der Waals surface area contributed by atoms with Crippen molar-refractivity contribution in [3.05, 3.63) is 64.3 Å². The summed E-state index contributed by atoms with van der Waals surface area (Å²) in [5, 5.41) is 8.83. The van der Waals surface area contributed by atoms with Crippen LogP contribution in [-0.4, -0.2) is 59.2 Å². The molecular weight excluding hydrogens is 465 g/mol. The van der Waals surface area contributed by atoms with Gasteiger partial charge in [-0.1, -0.05) is 47.5 Å². The molecule has 1 amide bonds. The zero-order valence-corrected chi connectivity index (χ0v) is 19.7. The second-order valence-electron chi connectivity index (χ2n) is 7.46. The highest BCUT2D eigenvalue weighted by Crippen LogP contribution is 2.38. The minimum Gasteiger partial charge on any atom is -0.487 e. The molecule has 1 aromatic heterocycles. The number of ether oxygens (including phenoxy) is 1. The summed E-state index contributed by atoms with van der Waals surface area (Å²) >= 11 is 12.6. The second-order valence-corrected chi connectivity index (χ2v) is 8.30. The molecule has 33 heavy (non-hydrogen) atoms. The number of hydrogen-bond acceptors (Lipinski definition) is 6. The molecule has 2 N–H and O–H groups in total. The second kappa shape index (κ2) is 10.5. The number of aromatic nitrogens is 2. The minimum absolute atomic E-state index is 0.0991. The Morgan fingerprint density at radius 2 is 1.82 bits per heavy atom. The zero-order valence-electron chi connectivity index (χ0n) is 18.2. The number of carbonyl (C=O) groups is 1. The highest BCUT2D eigenvalue weighted by molar-refractivity contribution is 6.32. The molecule has 2 aromatic carbocycles. The van der Waals surface area contributed by atoms with Crippen LogP contribution in [0.1, 0.15) is 23.3 Å². The maximum Gasteiger partial charge on any atom is 0.317 e. The number of halogens is 2. The van der Waals surface area contributed by atoms with Crippen LogP contribution in [-0.2, 0) is 4.84 Å². The molecule has 0 radical (unpaired) electrons. The molecular formula is C23H25Cl2N5O3. The van der Waals surface area contributed by atoms with Gasteiger partial charge in [0.25, 0.3) is 0 Å². The third kappa shape index (κ3) is 4.85. The van der Waals surface area contributed by atoms with Gasteiger partial charge in [-0.25, -0.2) is 4.68 Å². The number of hydroxylamine groups is 1. The van der Waals surface area contributed by atoms with Crippen LogP contribution in [0.2, 0.25) is 10.0 Å². The molecule has 0 atom stereocenters. The maximum atomic E-state index is 13.6. The molecule has 3 aromatic rings. The van der Waals surface area contributed by atoms with E-state index in [1.165, 1.54) is 12.3 Å². The minimum atomic E-state index is -0.438. The Morgan fingerprint density at radius 1 is 1.12 bits per heavy atom. The number of rotatable bonds is 8. The van der Waals surface area contributed by atoms with E-state index in [1.807, 2.05) is 35.3 Å². The third-order valence-corrected chi connectivity index (χ3v) is 5.86. The smallest absolute Gasteiger partial charge is 0.317 e. The van der Waals surface area contributed by atoms with E-state index < -0.39 is 5.91 Å². The van der Waals surface area contributed by atoms with Crippen molar-refractivity contribution < 1.29 is 14.4 Å². The maximum absolute atomic E-state index is 13.6. The fourth-order valence-corrected chi connectivity index (χ4v) is 4.14. The summed E-state index contributed by atoms with van der Waals surface area (Å²) in [5.74, 6) is -0.138. The number of amides is 1. The van der Waals surface area contributed by atoms with E-state index in [9.17, 15) is 4.79 Å². The SMILES string of the molecule is CON(C(=O)c1nn(-c2ccccc2Cl)c(-c2ccc(Cl)cc2)c1OCCN)N1CCCC1. The van der Waals surface area contributed by atoms with Crippen LogP contribution in [0.25, 0.3) is 16.9 Å². The van der Waals surface area contributed by atoms with Crippen molar-refractivity contribution in [3.63, 3.8) is 0 Å². The van der Waals surface area contributed by atoms with Crippen LogP contribution in [0, 0.1) is 0 Å². The Balaban J connectivity index is 1.92. The van der Waals surface area contributed by atoms with Crippen molar-refractivity contribution in [3.8, 4) is 22.7 Å². The molecule has 0 bridgehead atoms. The Labute approximate surface area is 202 Å². The molecule has 0 aliphatic carbocycles. The van der Waals surface area contributed by atoms with E-state index in [0.717, 1.165) is 18.4 Å². The lowest BCUT2D eigenvalue weighted by Crippen LogP contribution is -2.44. The number of carbonyl (C=O) groups excluding carboxylic acids is 1. The van der Waals surface area contributed by atoms with E-state index in [0.29, 0.717) is 40.3 Å². The number of nitrogens with two attached hydrogens (primary N) is 1. The van der Waals surface area contributed by atoms with Gasteiger partial charge in [0.2, 0.25) is 0 Å². The number of hydrogen-bond donors (Lipinski definition) is 1. The van der Waals surface area contributed by atoms with Crippen molar-refractivity contribution in [2.75, 3.05) is 33.4 Å². The summed E-state index contributed by atoms with van der Waals surface area (Å²) in [5.41, 5.74) is 7.74. The molecule has 174 valence electrons. The monoisotopic (exact) mass is 489 g/mol. The number of hydrazine groups is 1. The lowest BCUT2D eigenvalue weighted by atomic mass is 10.1. The molecule has 0 unspecified atom stereocenters. The normalized spacial score (nSPS) is 13.9. The highest BCUT2D eigenvalue weighted by Gasteiger charge is 2.34. The first kappa shape index (κ1) is 23.5. The Kier molecular flexibility index (Phi) is 7.52. The van der Waals surface area contributed by atoms with E-state index in [4.69, 9.17) is 38.5 Å². The first-order chi connectivity index (χ1) is 16.0. The summed E-state index contributed by atoms with van der Waals surface area (Å²) in [6.07, 6.45) is 1.96. The molecule has 10 heteroatoms. The molecule has 8 nitrogen and oxygen atoms in total. The summed E-state index contributed by atoms with van der Waals surface area (Å²) in [7, 11) is 1.46. The van der Waals surface area contributed by atoms with Crippen molar-refractivity contribution in [2.45, 2.75) is 12.8 Å². The van der Waals surface area contributed by atoms with Crippen LogP contribution in [0.15, 0.2) is 48.5 Å². The van der Waals surface area contributed by atoms with Gasteiger partial charge < -0.3 is 10.5 Å². The largest absolute Gasteiger partial charge is 0.487 e. The highest BCUT2D eigenvalue weighted by atomic mass is 35.5. The van der Waals surface area contributed by atoms with Gasteiger partial charge in [-0.05, 0) is 37.1 Å². The summed E-state index contributed by atoms with van der Waals surface area (Å²) in [6, 6.07) is 14.5. The average molecular weight is 490 g/mol. The molecule has 2 heterocycles. The van der Waals surface area contributed by atoms with Crippen molar-refractivity contribution >= 4 is 29.1 Å². The number of nitrogens with zero attached hydrogens (tertiary/aromatic N) is 4. The number of para-hydroxylation sites is 1. The Morgan fingerprint density at radius 3 is 2.45 bits per heavy atom. The van der Waals surface area contributed by atoms with Gasteiger partial charge in [-0.3, -0.25) is 9.63 Å². The van der Waals surface area contributed by atoms with E-state index in [-0.39, 0.29) is 18.8 Å². The van der Waals surface area contributed by atoms with Crippen molar-refractivity contribution in [1.82, 2.24) is 20.0 Å². The molecule has 1 fully saturated rings. The Bertz CT molecular complexity index is 1110. The van der Waals surface area contributed by atoms with E-state index in [2.05, 4.69) is 5.10 Å². The molecule has 0 saturated carbocycles. The topological polar surface area (TPSA) is 85.8 Å².